The van der Waals surface area contributed by atoms with Gasteiger partial charge in [-0.05, 0) is 17.7 Å². The zero-order chi connectivity index (χ0) is 21.9. The van der Waals surface area contributed by atoms with E-state index < -0.39 is 5.97 Å². The number of amides is 1. The highest BCUT2D eigenvalue weighted by atomic mass is 16.5. The van der Waals surface area contributed by atoms with E-state index in [0.29, 0.717) is 17.3 Å². The van der Waals surface area contributed by atoms with Crippen LogP contribution in [0.2, 0.25) is 0 Å². The zero-order valence-corrected chi connectivity index (χ0v) is 17.2. The predicted octanol–water partition coefficient (Wildman–Crippen LogP) is 3.57. The monoisotopic (exact) mass is 424 g/mol. The summed E-state index contributed by atoms with van der Waals surface area (Å²) in [5, 5.41) is 8.62. The number of anilines is 1. The Morgan fingerprint density at radius 3 is 2.25 bits per heavy atom. The SMILES string of the molecule is O=C(CN1C(=O)Cc2nnc(-c3ccccc3)n2-c2ccccc21)OCc1ccccc1. The Balaban J connectivity index is 1.46. The Bertz CT molecular complexity index is 1270. The molecule has 1 aromatic heterocycles. The molecule has 4 aromatic rings. The van der Waals surface area contributed by atoms with Gasteiger partial charge in [-0.1, -0.05) is 72.8 Å². The molecule has 7 nitrogen and oxygen atoms in total. The lowest BCUT2D eigenvalue weighted by molar-refractivity contribution is -0.144. The molecule has 7 heteroatoms. The van der Waals surface area contributed by atoms with Crippen LogP contribution in [0, 0.1) is 0 Å². The molecule has 0 saturated carbocycles. The molecule has 1 amide bonds. The number of rotatable bonds is 5. The second-order valence-electron chi connectivity index (χ2n) is 7.43. The fourth-order valence-corrected chi connectivity index (χ4v) is 3.79. The lowest BCUT2D eigenvalue weighted by Crippen LogP contribution is -2.37. The highest BCUT2D eigenvalue weighted by Gasteiger charge is 2.30. The Kier molecular flexibility index (Phi) is 5.21. The van der Waals surface area contributed by atoms with Crippen molar-refractivity contribution in [3.05, 3.63) is 96.3 Å². The number of carbonyl (C=O) groups is 2. The molecule has 158 valence electrons. The molecule has 1 aliphatic heterocycles. The molecule has 0 aliphatic carbocycles. The van der Waals surface area contributed by atoms with Crippen LogP contribution < -0.4 is 4.90 Å². The summed E-state index contributed by atoms with van der Waals surface area (Å²) < 4.78 is 7.31. The second-order valence-corrected chi connectivity index (χ2v) is 7.43. The fourth-order valence-electron chi connectivity index (χ4n) is 3.79. The number of nitrogens with zero attached hydrogens (tertiary/aromatic N) is 4. The van der Waals surface area contributed by atoms with E-state index in [9.17, 15) is 9.59 Å². The third kappa shape index (κ3) is 3.76. The molecule has 5 rings (SSSR count). The van der Waals surface area contributed by atoms with Gasteiger partial charge < -0.3 is 4.74 Å². The fraction of sp³-hybridized carbons (Fsp3) is 0.120. The van der Waals surface area contributed by atoms with Gasteiger partial charge in [0.2, 0.25) is 5.91 Å². The molecule has 0 atom stereocenters. The van der Waals surface area contributed by atoms with E-state index in [1.807, 2.05) is 89.5 Å². The first-order valence-corrected chi connectivity index (χ1v) is 10.3. The van der Waals surface area contributed by atoms with Crippen molar-refractivity contribution in [1.29, 1.82) is 0 Å². The van der Waals surface area contributed by atoms with Crippen molar-refractivity contribution in [2.75, 3.05) is 11.4 Å². The topological polar surface area (TPSA) is 77.3 Å². The van der Waals surface area contributed by atoms with Crippen LogP contribution in [0.5, 0.6) is 0 Å². The minimum Gasteiger partial charge on any atom is -0.459 e. The van der Waals surface area contributed by atoms with Crippen molar-refractivity contribution in [3.8, 4) is 17.1 Å². The van der Waals surface area contributed by atoms with Crippen LogP contribution >= 0.6 is 0 Å². The molecule has 1 aliphatic rings. The number of carbonyl (C=O) groups excluding carboxylic acids is 2. The van der Waals surface area contributed by atoms with Crippen LogP contribution in [0.15, 0.2) is 84.9 Å². The molecule has 2 heterocycles. The van der Waals surface area contributed by atoms with E-state index in [0.717, 1.165) is 16.8 Å². The molecule has 0 unspecified atom stereocenters. The maximum atomic E-state index is 13.1. The van der Waals surface area contributed by atoms with Crippen LogP contribution in [0.25, 0.3) is 17.1 Å². The van der Waals surface area contributed by atoms with Gasteiger partial charge in [0.1, 0.15) is 19.0 Å². The zero-order valence-electron chi connectivity index (χ0n) is 17.2. The normalized spacial score (nSPS) is 12.6. The average molecular weight is 424 g/mol. The lowest BCUT2D eigenvalue weighted by Gasteiger charge is -2.22. The first kappa shape index (κ1) is 19.7. The average Bonchev–Trinajstić information content (AvgIpc) is 3.21. The van der Waals surface area contributed by atoms with E-state index in [-0.39, 0.29) is 25.5 Å². The smallest absolute Gasteiger partial charge is 0.326 e. The second kappa shape index (κ2) is 8.47. The van der Waals surface area contributed by atoms with Crippen molar-refractivity contribution >= 4 is 17.6 Å². The summed E-state index contributed by atoms with van der Waals surface area (Å²) in [6, 6.07) is 26.6. The van der Waals surface area contributed by atoms with Gasteiger partial charge in [0, 0.05) is 5.56 Å². The summed E-state index contributed by atoms with van der Waals surface area (Å²) in [4.78, 5) is 27.2. The summed E-state index contributed by atoms with van der Waals surface area (Å²) >= 11 is 0. The van der Waals surface area contributed by atoms with Crippen LogP contribution in [0.1, 0.15) is 11.4 Å². The summed E-state index contributed by atoms with van der Waals surface area (Å²) in [6.07, 6.45) is 0.0283. The van der Waals surface area contributed by atoms with E-state index in [2.05, 4.69) is 10.2 Å². The molecule has 0 N–H and O–H groups in total. The van der Waals surface area contributed by atoms with Gasteiger partial charge >= 0.3 is 5.97 Å². The highest BCUT2D eigenvalue weighted by Crippen LogP contribution is 2.33. The van der Waals surface area contributed by atoms with Gasteiger partial charge in [0.25, 0.3) is 0 Å². The first-order valence-electron chi connectivity index (χ1n) is 10.3. The maximum absolute atomic E-state index is 13.1. The number of hydrogen-bond acceptors (Lipinski definition) is 5. The van der Waals surface area contributed by atoms with Gasteiger partial charge in [-0.3, -0.25) is 19.1 Å². The molecule has 3 aromatic carbocycles. The number of fused-ring (bicyclic) bond motifs is 3. The summed E-state index contributed by atoms with van der Waals surface area (Å²) in [7, 11) is 0. The Morgan fingerprint density at radius 2 is 1.50 bits per heavy atom. The number of para-hydroxylation sites is 2. The van der Waals surface area contributed by atoms with Crippen LogP contribution in [-0.4, -0.2) is 33.2 Å². The summed E-state index contributed by atoms with van der Waals surface area (Å²) in [5.74, 6) is 0.466. The number of ether oxygens (including phenoxy) is 1. The molecule has 32 heavy (non-hydrogen) atoms. The predicted molar refractivity (Wildman–Crippen MR) is 119 cm³/mol. The van der Waals surface area contributed by atoms with E-state index in [1.165, 1.54) is 4.90 Å². The standard InChI is InChI=1S/C25H20N4O3/c30-23-15-22-26-27-25(19-11-5-2-6-12-19)29(22)21-14-8-7-13-20(21)28(23)16-24(31)32-17-18-9-3-1-4-10-18/h1-14H,15-17H2. The Labute approximate surface area is 184 Å². The number of hydrogen-bond donors (Lipinski definition) is 0. The first-order chi connectivity index (χ1) is 15.7. The quantitative estimate of drug-likeness (QED) is 0.458. The van der Waals surface area contributed by atoms with E-state index >= 15 is 0 Å². The van der Waals surface area contributed by atoms with Crippen molar-refractivity contribution in [1.82, 2.24) is 14.8 Å². The molecule has 0 spiro atoms. The maximum Gasteiger partial charge on any atom is 0.326 e. The van der Waals surface area contributed by atoms with Gasteiger partial charge in [-0.15, -0.1) is 10.2 Å². The molecular formula is C25H20N4O3. The molecule has 0 fully saturated rings. The third-order valence-electron chi connectivity index (χ3n) is 5.32. The Morgan fingerprint density at radius 1 is 0.844 bits per heavy atom. The third-order valence-corrected chi connectivity index (χ3v) is 5.32. The van der Waals surface area contributed by atoms with E-state index in [1.54, 1.807) is 0 Å². The molecule has 0 saturated heterocycles. The summed E-state index contributed by atoms with van der Waals surface area (Å²) in [5.41, 5.74) is 3.14. The van der Waals surface area contributed by atoms with Crippen LogP contribution in [0.4, 0.5) is 5.69 Å². The van der Waals surface area contributed by atoms with Gasteiger partial charge in [0.05, 0.1) is 17.8 Å². The Hall–Kier alpha value is -4.26. The van der Waals surface area contributed by atoms with Crippen molar-refractivity contribution < 1.29 is 14.3 Å². The van der Waals surface area contributed by atoms with Gasteiger partial charge in [0.15, 0.2) is 5.82 Å². The largest absolute Gasteiger partial charge is 0.459 e. The molecular weight excluding hydrogens is 404 g/mol. The van der Waals surface area contributed by atoms with Gasteiger partial charge in [-0.25, -0.2) is 0 Å². The number of benzene rings is 3. The number of aromatic nitrogens is 3. The minimum absolute atomic E-state index is 0.0283. The molecule has 0 bridgehead atoms. The van der Waals surface area contributed by atoms with Gasteiger partial charge in [-0.2, -0.15) is 0 Å². The number of esters is 1. The van der Waals surface area contributed by atoms with Crippen molar-refractivity contribution in [2.24, 2.45) is 0 Å². The van der Waals surface area contributed by atoms with Crippen LogP contribution in [0.3, 0.4) is 0 Å². The van der Waals surface area contributed by atoms with Crippen LogP contribution in [-0.2, 0) is 27.4 Å². The molecule has 0 radical (unpaired) electrons. The lowest BCUT2D eigenvalue weighted by atomic mass is 10.2. The van der Waals surface area contributed by atoms with Crippen molar-refractivity contribution in [3.63, 3.8) is 0 Å². The minimum atomic E-state index is -0.474. The highest BCUT2D eigenvalue weighted by molar-refractivity contribution is 6.01. The van der Waals surface area contributed by atoms with Crippen molar-refractivity contribution in [2.45, 2.75) is 13.0 Å². The van der Waals surface area contributed by atoms with E-state index in [4.69, 9.17) is 4.74 Å². The summed E-state index contributed by atoms with van der Waals surface area (Å²) in [6.45, 7) is -0.0192.